The van der Waals surface area contributed by atoms with Crippen LogP contribution in [0.1, 0.15) is 17.3 Å². The predicted molar refractivity (Wildman–Crippen MR) is 113 cm³/mol. The van der Waals surface area contributed by atoms with Crippen LogP contribution in [0.2, 0.25) is 10.0 Å². The molecule has 8 heteroatoms. The lowest BCUT2D eigenvalue weighted by molar-refractivity contribution is 0.0994. The van der Waals surface area contributed by atoms with Crippen LogP contribution in [-0.2, 0) is 11.3 Å². The van der Waals surface area contributed by atoms with Crippen LogP contribution in [0.4, 0.5) is 0 Å². The summed E-state index contributed by atoms with van der Waals surface area (Å²) in [5.41, 5.74) is 1.47. The van der Waals surface area contributed by atoms with Crippen molar-refractivity contribution in [3.63, 3.8) is 0 Å². The third-order valence-corrected chi connectivity index (χ3v) is 5.67. The van der Waals surface area contributed by atoms with Crippen molar-refractivity contribution < 1.29 is 9.53 Å². The maximum Gasteiger partial charge on any atom is 0.192 e. The van der Waals surface area contributed by atoms with Gasteiger partial charge in [-0.05, 0) is 43.3 Å². The third-order valence-electron chi connectivity index (χ3n) is 4.10. The van der Waals surface area contributed by atoms with Crippen molar-refractivity contribution in [2.24, 2.45) is 0 Å². The van der Waals surface area contributed by atoms with Crippen molar-refractivity contribution in [3.05, 3.63) is 64.1 Å². The molecule has 3 aromatic rings. The number of rotatable bonds is 8. The number of aromatic nitrogens is 3. The molecule has 1 heterocycles. The van der Waals surface area contributed by atoms with E-state index in [1.165, 1.54) is 11.8 Å². The first-order chi connectivity index (χ1) is 13.5. The van der Waals surface area contributed by atoms with Crippen molar-refractivity contribution >= 4 is 40.7 Å². The van der Waals surface area contributed by atoms with E-state index in [2.05, 4.69) is 10.2 Å². The normalized spacial score (nSPS) is 12.1. The summed E-state index contributed by atoms with van der Waals surface area (Å²) in [6, 6.07) is 14.4. The number of halogens is 2. The Morgan fingerprint density at radius 3 is 2.57 bits per heavy atom. The van der Waals surface area contributed by atoms with Gasteiger partial charge in [-0.1, -0.05) is 47.1 Å². The van der Waals surface area contributed by atoms with Crippen LogP contribution in [-0.4, -0.2) is 39.5 Å². The fourth-order valence-corrected chi connectivity index (χ4v) is 3.93. The van der Waals surface area contributed by atoms with Gasteiger partial charge in [0.1, 0.15) is 0 Å². The molecule has 0 unspecified atom stereocenters. The summed E-state index contributed by atoms with van der Waals surface area (Å²) in [6.07, 6.45) is 0. The highest BCUT2D eigenvalue weighted by molar-refractivity contribution is 8.00. The van der Waals surface area contributed by atoms with Gasteiger partial charge in [0.25, 0.3) is 0 Å². The number of benzene rings is 2. The number of Topliss-reactive ketones (excluding diaryl/α,β-unsaturated/α-hetero) is 1. The lowest BCUT2D eigenvalue weighted by Gasteiger charge is -2.13. The van der Waals surface area contributed by atoms with E-state index in [4.69, 9.17) is 27.9 Å². The van der Waals surface area contributed by atoms with Crippen LogP contribution in [0.25, 0.3) is 11.4 Å². The number of ether oxygens (including phenoxy) is 1. The SMILES string of the molecule is COCCn1c(S[C@@H](C)C(=O)c2cccc(Cl)c2)nnc1-c1ccc(Cl)cc1. The van der Waals surface area contributed by atoms with E-state index in [-0.39, 0.29) is 11.0 Å². The molecule has 146 valence electrons. The van der Waals surface area contributed by atoms with Crippen LogP contribution in [0.15, 0.2) is 53.7 Å². The third kappa shape index (κ3) is 4.94. The highest BCUT2D eigenvalue weighted by Gasteiger charge is 2.22. The number of hydrogen-bond acceptors (Lipinski definition) is 5. The number of methoxy groups -OCH3 is 1. The molecule has 2 aromatic carbocycles. The first kappa shape index (κ1) is 20.9. The minimum absolute atomic E-state index is 0.0122. The summed E-state index contributed by atoms with van der Waals surface area (Å²) in [5, 5.41) is 10.1. The van der Waals surface area contributed by atoms with Crippen LogP contribution in [0.3, 0.4) is 0 Å². The molecule has 0 spiro atoms. The van der Waals surface area contributed by atoms with E-state index < -0.39 is 0 Å². The maximum atomic E-state index is 12.8. The largest absolute Gasteiger partial charge is 0.383 e. The Bertz CT molecular complexity index is 960. The molecule has 0 amide bonds. The summed E-state index contributed by atoms with van der Waals surface area (Å²) < 4.78 is 7.18. The van der Waals surface area contributed by atoms with Crippen molar-refractivity contribution in [3.8, 4) is 11.4 Å². The molecule has 0 radical (unpaired) electrons. The smallest absolute Gasteiger partial charge is 0.192 e. The highest BCUT2D eigenvalue weighted by atomic mass is 35.5. The Hall–Kier alpha value is -1.86. The summed E-state index contributed by atoms with van der Waals surface area (Å²) in [7, 11) is 1.64. The van der Waals surface area contributed by atoms with E-state index in [9.17, 15) is 4.79 Å². The second-order valence-corrected chi connectivity index (χ2v) is 8.27. The topological polar surface area (TPSA) is 57.0 Å². The lowest BCUT2D eigenvalue weighted by Crippen LogP contribution is -2.15. The highest BCUT2D eigenvalue weighted by Crippen LogP contribution is 2.29. The average molecular weight is 436 g/mol. The van der Waals surface area contributed by atoms with Gasteiger partial charge in [0.15, 0.2) is 16.8 Å². The predicted octanol–water partition coefficient (Wildman–Crippen LogP) is 5.26. The Morgan fingerprint density at radius 2 is 1.89 bits per heavy atom. The minimum Gasteiger partial charge on any atom is -0.383 e. The monoisotopic (exact) mass is 435 g/mol. The van der Waals surface area contributed by atoms with E-state index in [0.29, 0.717) is 39.7 Å². The molecule has 0 N–H and O–H groups in total. The van der Waals surface area contributed by atoms with Gasteiger partial charge in [0, 0.05) is 28.3 Å². The van der Waals surface area contributed by atoms with Gasteiger partial charge in [0.05, 0.1) is 18.4 Å². The van der Waals surface area contributed by atoms with Gasteiger partial charge in [0.2, 0.25) is 0 Å². The second-order valence-electron chi connectivity index (χ2n) is 6.09. The van der Waals surface area contributed by atoms with Crippen LogP contribution >= 0.6 is 35.0 Å². The fourth-order valence-electron chi connectivity index (χ4n) is 2.66. The first-order valence-electron chi connectivity index (χ1n) is 8.64. The number of hydrogen-bond donors (Lipinski definition) is 0. The van der Waals surface area contributed by atoms with E-state index in [0.717, 1.165) is 5.56 Å². The molecule has 0 fully saturated rings. The van der Waals surface area contributed by atoms with Crippen molar-refractivity contribution in [1.29, 1.82) is 0 Å². The molecule has 0 bridgehead atoms. The minimum atomic E-state index is -0.345. The number of nitrogens with zero attached hydrogens (tertiary/aromatic N) is 3. The maximum absolute atomic E-state index is 12.8. The first-order valence-corrected chi connectivity index (χ1v) is 10.3. The summed E-state index contributed by atoms with van der Waals surface area (Å²) in [5.74, 6) is 0.695. The summed E-state index contributed by atoms with van der Waals surface area (Å²) >= 11 is 13.4. The Kier molecular flexibility index (Phi) is 7.13. The average Bonchev–Trinajstić information content (AvgIpc) is 3.08. The quantitative estimate of drug-likeness (QED) is 0.356. The molecular formula is C20H19Cl2N3O2S. The molecule has 0 saturated heterocycles. The molecule has 0 aliphatic heterocycles. The summed E-state index contributed by atoms with van der Waals surface area (Å²) in [4.78, 5) is 12.8. The molecule has 1 aromatic heterocycles. The van der Waals surface area contributed by atoms with Gasteiger partial charge in [-0.3, -0.25) is 9.36 Å². The van der Waals surface area contributed by atoms with Crippen LogP contribution < -0.4 is 0 Å². The lowest BCUT2D eigenvalue weighted by atomic mass is 10.1. The van der Waals surface area contributed by atoms with Crippen molar-refractivity contribution in [2.75, 3.05) is 13.7 Å². The fraction of sp³-hybridized carbons (Fsp3) is 0.250. The number of thioether (sulfide) groups is 1. The van der Waals surface area contributed by atoms with Crippen LogP contribution in [0, 0.1) is 0 Å². The van der Waals surface area contributed by atoms with E-state index >= 15 is 0 Å². The number of carbonyl (C=O) groups is 1. The Balaban J connectivity index is 1.86. The Labute approximate surface area is 178 Å². The molecule has 0 saturated carbocycles. The van der Waals surface area contributed by atoms with E-state index in [1.54, 1.807) is 31.4 Å². The van der Waals surface area contributed by atoms with Gasteiger partial charge < -0.3 is 4.74 Å². The standard InChI is InChI=1S/C20H19Cl2N3O2S/c1-13(18(26)15-4-3-5-17(22)12-15)28-20-24-23-19(25(20)10-11-27-2)14-6-8-16(21)9-7-14/h3-9,12-13H,10-11H2,1-2H3/t13-/m0/s1. The molecule has 0 aliphatic carbocycles. The Morgan fingerprint density at radius 1 is 1.14 bits per heavy atom. The summed E-state index contributed by atoms with van der Waals surface area (Å²) in [6.45, 7) is 2.93. The van der Waals surface area contributed by atoms with Crippen molar-refractivity contribution in [2.45, 2.75) is 23.9 Å². The van der Waals surface area contributed by atoms with E-state index in [1.807, 2.05) is 35.8 Å². The van der Waals surface area contributed by atoms with Gasteiger partial charge in [-0.15, -0.1) is 10.2 Å². The molecule has 28 heavy (non-hydrogen) atoms. The molecular weight excluding hydrogens is 417 g/mol. The molecule has 1 atom stereocenters. The number of ketones is 1. The zero-order valence-electron chi connectivity index (χ0n) is 15.4. The zero-order chi connectivity index (χ0) is 20.1. The second kappa shape index (κ2) is 9.56. The van der Waals surface area contributed by atoms with Crippen LogP contribution in [0.5, 0.6) is 0 Å². The molecule has 3 rings (SSSR count). The molecule has 0 aliphatic rings. The zero-order valence-corrected chi connectivity index (χ0v) is 17.8. The van der Waals surface area contributed by atoms with Gasteiger partial charge in [-0.2, -0.15) is 0 Å². The van der Waals surface area contributed by atoms with Gasteiger partial charge >= 0.3 is 0 Å². The van der Waals surface area contributed by atoms with Crippen molar-refractivity contribution in [1.82, 2.24) is 14.8 Å². The van der Waals surface area contributed by atoms with Gasteiger partial charge in [-0.25, -0.2) is 0 Å². The molecule has 5 nitrogen and oxygen atoms in total. The number of carbonyl (C=O) groups excluding carboxylic acids is 1.